The average Bonchev–Trinajstić information content (AvgIpc) is 3.33. The fraction of sp³-hybridized carbons (Fsp3) is 0.484. The molecular weight excluding hydrogens is 529 g/mol. The maximum atomic E-state index is 15.1. The highest BCUT2D eigenvalue weighted by Crippen LogP contribution is 2.46. The Kier molecular flexibility index (Phi) is 5.89. The van der Waals surface area contributed by atoms with Crippen LogP contribution in [-0.4, -0.2) is 37.7 Å². The Morgan fingerprint density at radius 3 is 2.66 bits per heavy atom. The minimum atomic E-state index is -1.95. The van der Waals surface area contributed by atoms with Crippen molar-refractivity contribution in [2.24, 2.45) is 5.92 Å². The van der Waals surface area contributed by atoms with Gasteiger partial charge in [0.05, 0.1) is 41.2 Å². The number of pyridine rings is 2. The standard InChI is InChI=1S/C31H32FN3O6/c1-3-31(40)20-10-24-27-18(12-35(24)29(38)19(20)13-41-30(31)39)26-22(34-28(37)15-4-6-16(36)7-5-15)9-8-17-14(2)21(32)11-23(33-27)25(17)26/h10-11,15-16,22,36,40H,3-9,12-13H2,1-2H3,(H,34,37)/t15-,16+,22-,31-/m0/s1. The summed E-state index contributed by atoms with van der Waals surface area (Å²) in [5.41, 5.74) is 2.55. The molecule has 214 valence electrons. The lowest BCUT2D eigenvalue weighted by Crippen LogP contribution is -2.44. The van der Waals surface area contributed by atoms with E-state index in [2.05, 4.69) is 5.32 Å². The number of hydrogen-bond donors (Lipinski definition) is 3. The van der Waals surface area contributed by atoms with Crippen molar-refractivity contribution in [3.8, 4) is 11.4 Å². The van der Waals surface area contributed by atoms with E-state index in [0.717, 1.165) is 22.1 Å². The Balaban J connectivity index is 1.41. The highest BCUT2D eigenvalue weighted by Gasteiger charge is 2.46. The molecule has 9 nitrogen and oxygen atoms in total. The fourth-order valence-corrected chi connectivity index (χ4v) is 7.33. The summed E-state index contributed by atoms with van der Waals surface area (Å²) >= 11 is 0. The highest BCUT2D eigenvalue weighted by atomic mass is 19.1. The van der Waals surface area contributed by atoms with Gasteiger partial charge in [0.15, 0.2) is 5.60 Å². The molecule has 7 rings (SSSR count). The Hall–Kier alpha value is -3.63. The third kappa shape index (κ3) is 3.73. The van der Waals surface area contributed by atoms with Crippen LogP contribution in [0.25, 0.3) is 22.3 Å². The number of rotatable bonds is 3. The number of aryl methyl sites for hydroxylation is 1. The Labute approximate surface area is 235 Å². The van der Waals surface area contributed by atoms with Crippen LogP contribution in [0.2, 0.25) is 0 Å². The van der Waals surface area contributed by atoms with Gasteiger partial charge < -0.3 is 24.8 Å². The van der Waals surface area contributed by atoms with E-state index in [1.165, 1.54) is 6.07 Å². The third-order valence-corrected chi connectivity index (χ3v) is 9.76. The number of hydrogen-bond acceptors (Lipinski definition) is 7. The summed E-state index contributed by atoms with van der Waals surface area (Å²) in [6.45, 7) is 3.38. The van der Waals surface area contributed by atoms with Crippen LogP contribution in [0.5, 0.6) is 0 Å². The molecule has 2 atom stereocenters. The van der Waals surface area contributed by atoms with E-state index in [-0.39, 0.29) is 66.0 Å². The zero-order valence-corrected chi connectivity index (χ0v) is 23.1. The van der Waals surface area contributed by atoms with E-state index in [4.69, 9.17) is 9.72 Å². The summed E-state index contributed by atoms with van der Waals surface area (Å²) in [4.78, 5) is 44.6. The van der Waals surface area contributed by atoms with Gasteiger partial charge in [-0.3, -0.25) is 9.59 Å². The predicted molar refractivity (Wildman–Crippen MR) is 146 cm³/mol. The number of cyclic esters (lactones) is 1. The maximum absolute atomic E-state index is 15.1. The molecule has 4 heterocycles. The molecule has 1 saturated carbocycles. The minimum absolute atomic E-state index is 0.0329. The maximum Gasteiger partial charge on any atom is 0.343 e. The lowest BCUT2D eigenvalue weighted by Gasteiger charge is -2.32. The first-order valence-electron chi connectivity index (χ1n) is 14.4. The number of carbonyl (C=O) groups is 2. The smallest absolute Gasteiger partial charge is 0.343 e. The number of halogens is 1. The number of carbonyl (C=O) groups excluding carboxylic acids is 2. The quantitative estimate of drug-likeness (QED) is 0.328. The zero-order chi connectivity index (χ0) is 28.8. The second-order valence-corrected chi connectivity index (χ2v) is 11.9. The van der Waals surface area contributed by atoms with Crippen molar-refractivity contribution >= 4 is 22.8 Å². The highest BCUT2D eigenvalue weighted by molar-refractivity contribution is 5.94. The van der Waals surface area contributed by atoms with Crippen LogP contribution in [0.1, 0.15) is 84.9 Å². The summed E-state index contributed by atoms with van der Waals surface area (Å²) in [5.74, 6) is -1.40. The summed E-state index contributed by atoms with van der Waals surface area (Å²) in [5, 5.41) is 25.2. The van der Waals surface area contributed by atoms with Crippen molar-refractivity contribution in [3.05, 3.63) is 61.7 Å². The number of esters is 1. The number of ether oxygens (including phenoxy) is 1. The van der Waals surface area contributed by atoms with Crippen molar-refractivity contribution in [1.82, 2.24) is 14.9 Å². The molecule has 2 aromatic heterocycles. The number of aliphatic hydroxyl groups excluding tert-OH is 1. The normalized spacial score (nSPS) is 26.3. The molecule has 1 amide bonds. The molecule has 0 radical (unpaired) electrons. The average molecular weight is 562 g/mol. The Morgan fingerprint density at radius 2 is 1.93 bits per heavy atom. The van der Waals surface area contributed by atoms with Gasteiger partial charge in [0.2, 0.25) is 5.91 Å². The molecule has 4 aliphatic rings. The van der Waals surface area contributed by atoms with Gasteiger partial charge in [0.1, 0.15) is 12.4 Å². The largest absolute Gasteiger partial charge is 0.458 e. The van der Waals surface area contributed by atoms with E-state index in [1.54, 1.807) is 24.5 Å². The molecule has 1 aromatic carbocycles. The number of benzene rings is 1. The van der Waals surface area contributed by atoms with Crippen LogP contribution in [-0.2, 0) is 39.5 Å². The Bertz CT molecular complexity index is 1720. The van der Waals surface area contributed by atoms with E-state index >= 15 is 4.39 Å². The molecule has 0 spiro atoms. The third-order valence-electron chi connectivity index (χ3n) is 9.76. The molecule has 2 aliphatic heterocycles. The number of aliphatic hydroxyl groups is 2. The number of nitrogens with zero attached hydrogens (tertiary/aromatic N) is 2. The second kappa shape index (κ2) is 9.19. The Morgan fingerprint density at radius 1 is 1.17 bits per heavy atom. The lowest BCUT2D eigenvalue weighted by atomic mass is 9.81. The van der Waals surface area contributed by atoms with Gasteiger partial charge in [-0.05, 0) is 74.6 Å². The number of nitrogens with one attached hydrogen (secondary N) is 1. The van der Waals surface area contributed by atoms with Gasteiger partial charge in [-0.25, -0.2) is 14.2 Å². The summed E-state index contributed by atoms with van der Waals surface area (Å²) in [6, 6.07) is 2.69. The zero-order valence-electron chi connectivity index (χ0n) is 23.1. The van der Waals surface area contributed by atoms with Crippen LogP contribution in [0.3, 0.4) is 0 Å². The van der Waals surface area contributed by atoms with Gasteiger partial charge in [-0.15, -0.1) is 0 Å². The van der Waals surface area contributed by atoms with Gasteiger partial charge in [-0.1, -0.05) is 6.92 Å². The predicted octanol–water partition coefficient (Wildman–Crippen LogP) is 3.18. The van der Waals surface area contributed by atoms with E-state index in [9.17, 15) is 24.6 Å². The molecule has 10 heteroatoms. The number of fused-ring (bicyclic) bond motifs is 5. The number of aromatic nitrogens is 2. The van der Waals surface area contributed by atoms with Crippen LogP contribution in [0, 0.1) is 18.7 Å². The van der Waals surface area contributed by atoms with Crippen LogP contribution >= 0.6 is 0 Å². The van der Waals surface area contributed by atoms with E-state index in [0.29, 0.717) is 61.0 Å². The summed E-state index contributed by atoms with van der Waals surface area (Å²) in [6.07, 6.45) is 3.25. The summed E-state index contributed by atoms with van der Waals surface area (Å²) in [7, 11) is 0. The molecule has 3 N–H and O–H groups in total. The molecule has 0 bridgehead atoms. The van der Waals surface area contributed by atoms with Crippen molar-refractivity contribution in [2.75, 3.05) is 0 Å². The monoisotopic (exact) mass is 561 g/mol. The molecule has 0 saturated heterocycles. The van der Waals surface area contributed by atoms with E-state index < -0.39 is 11.6 Å². The molecule has 41 heavy (non-hydrogen) atoms. The summed E-state index contributed by atoms with van der Waals surface area (Å²) < 4.78 is 21.9. The molecule has 1 fully saturated rings. The van der Waals surface area contributed by atoms with Gasteiger partial charge >= 0.3 is 5.97 Å². The second-order valence-electron chi connectivity index (χ2n) is 11.9. The van der Waals surface area contributed by atoms with Crippen molar-refractivity contribution in [2.45, 2.75) is 89.7 Å². The molecule has 3 aromatic rings. The van der Waals surface area contributed by atoms with Crippen molar-refractivity contribution in [3.63, 3.8) is 0 Å². The fourth-order valence-electron chi connectivity index (χ4n) is 7.33. The number of amides is 1. The van der Waals surface area contributed by atoms with Gasteiger partial charge in [0, 0.05) is 28.5 Å². The SMILES string of the molecule is CC[C@@]1(O)C(=O)OCc2c1cc1n(c2=O)Cc2c-1nc1cc(F)c(C)c3c1c2[C@@H](NC(=O)[C@H]1CC[C@@H](O)CC1)CC3. The van der Waals surface area contributed by atoms with Crippen molar-refractivity contribution < 1.29 is 28.9 Å². The first kappa shape index (κ1) is 26.3. The first-order valence-corrected chi connectivity index (χ1v) is 14.4. The van der Waals surface area contributed by atoms with E-state index in [1.807, 2.05) is 0 Å². The van der Waals surface area contributed by atoms with Crippen molar-refractivity contribution in [1.29, 1.82) is 0 Å². The van der Waals surface area contributed by atoms with Crippen LogP contribution in [0.4, 0.5) is 4.39 Å². The molecular formula is C31H32FN3O6. The van der Waals surface area contributed by atoms with Crippen LogP contribution in [0.15, 0.2) is 16.9 Å². The first-order chi connectivity index (χ1) is 19.6. The van der Waals surface area contributed by atoms with Crippen LogP contribution < -0.4 is 10.9 Å². The minimum Gasteiger partial charge on any atom is -0.458 e. The lowest BCUT2D eigenvalue weighted by molar-refractivity contribution is -0.172. The molecule has 2 aliphatic carbocycles. The van der Waals surface area contributed by atoms with Gasteiger partial charge in [-0.2, -0.15) is 0 Å². The topological polar surface area (TPSA) is 131 Å². The van der Waals surface area contributed by atoms with Gasteiger partial charge in [0.25, 0.3) is 5.56 Å². The molecule has 0 unspecified atom stereocenters.